The fourth-order valence-corrected chi connectivity index (χ4v) is 2.77. The van der Waals surface area contributed by atoms with Gasteiger partial charge in [-0.3, -0.25) is 9.89 Å². The van der Waals surface area contributed by atoms with Gasteiger partial charge >= 0.3 is 0 Å². The number of nitrogens with one attached hydrogen (secondary N) is 2. The first-order chi connectivity index (χ1) is 10.3. The Kier molecular flexibility index (Phi) is 2.73. The van der Waals surface area contributed by atoms with Crippen molar-refractivity contribution in [2.75, 3.05) is 5.32 Å². The van der Waals surface area contributed by atoms with E-state index >= 15 is 0 Å². The molecular formula is C15H14N4O2. The molecule has 1 aromatic carbocycles. The smallest absolute Gasteiger partial charge is 0.278 e. The Labute approximate surface area is 120 Å². The molecule has 0 atom stereocenters. The Morgan fingerprint density at radius 3 is 3.14 bits per heavy atom. The van der Waals surface area contributed by atoms with Gasteiger partial charge in [-0.15, -0.1) is 0 Å². The maximum absolute atomic E-state index is 12.4. The molecule has 106 valence electrons. The number of hydrogen-bond donors (Lipinski definition) is 2. The Bertz CT molecular complexity index is 818. The van der Waals surface area contributed by atoms with Crippen LogP contribution in [0.4, 0.5) is 5.69 Å². The van der Waals surface area contributed by atoms with Gasteiger partial charge in [0.2, 0.25) is 0 Å². The molecular weight excluding hydrogens is 268 g/mol. The third-order valence-electron chi connectivity index (χ3n) is 3.87. The van der Waals surface area contributed by atoms with Gasteiger partial charge in [0.05, 0.1) is 11.7 Å². The monoisotopic (exact) mass is 282 g/mol. The highest BCUT2D eigenvalue weighted by atomic mass is 16.5. The highest BCUT2D eigenvalue weighted by molar-refractivity contribution is 6.04. The molecule has 6 heteroatoms. The number of amides is 1. The van der Waals surface area contributed by atoms with Crippen LogP contribution in [0, 0.1) is 0 Å². The van der Waals surface area contributed by atoms with Crippen LogP contribution in [0.1, 0.15) is 34.7 Å². The number of aromatic nitrogens is 3. The van der Waals surface area contributed by atoms with Crippen molar-refractivity contribution in [3.8, 4) is 0 Å². The molecule has 6 nitrogen and oxygen atoms in total. The molecule has 0 radical (unpaired) electrons. The number of aryl methyl sites for hydroxylation is 1. The van der Waals surface area contributed by atoms with E-state index in [1.807, 2.05) is 18.2 Å². The van der Waals surface area contributed by atoms with Gasteiger partial charge in [-0.1, -0.05) is 5.16 Å². The lowest BCUT2D eigenvalue weighted by Crippen LogP contribution is -2.15. The lowest BCUT2D eigenvalue weighted by Gasteiger charge is -2.09. The Hall–Kier alpha value is -2.63. The molecule has 0 saturated heterocycles. The molecule has 0 bridgehead atoms. The molecule has 2 heterocycles. The zero-order valence-electron chi connectivity index (χ0n) is 11.3. The van der Waals surface area contributed by atoms with Crippen molar-refractivity contribution in [1.29, 1.82) is 0 Å². The molecule has 1 amide bonds. The zero-order valence-corrected chi connectivity index (χ0v) is 11.3. The minimum absolute atomic E-state index is 0.222. The van der Waals surface area contributed by atoms with Gasteiger partial charge in [0.15, 0.2) is 5.69 Å². The first-order valence-corrected chi connectivity index (χ1v) is 7.03. The second-order valence-corrected chi connectivity index (χ2v) is 5.27. The number of hydrogen-bond acceptors (Lipinski definition) is 4. The van der Waals surface area contributed by atoms with Gasteiger partial charge in [0.1, 0.15) is 5.76 Å². The number of carbonyl (C=O) groups excluding carboxylic acids is 1. The molecule has 2 aromatic heterocycles. The summed E-state index contributed by atoms with van der Waals surface area (Å²) in [6.45, 7) is 0. The molecule has 2 N–H and O–H groups in total. The molecule has 3 aromatic rings. The van der Waals surface area contributed by atoms with Crippen molar-refractivity contribution in [1.82, 2.24) is 15.4 Å². The number of aromatic amines is 1. The number of benzene rings is 1. The number of H-pyrrole nitrogens is 1. The van der Waals surface area contributed by atoms with E-state index in [-0.39, 0.29) is 5.91 Å². The molecule has 0 spiro atoms. The number of fused-ring (bicyclic) bond motifs is 2. The molecule has 0 saturated carbocycles. The maximum Gasteiger partial charge on any atom is 0.278 e. The van der Waals surface area contributed by atoms with Crippen molar-refractivity contribution in [2.45, 2.75) is 25.7 Å². The summed E-state index contributed by atoms with van der Waals surface area (Å²) in [7, 11) is 0. The highest BCUT2D eigenvalue weighted by Crippen LogP contribution is 2.25. The predicted octanol–water partition coefficient (Wildman–Crippen LogP) is 2.68. The van der Waals surface area contributed by atoms with Crippen LogP contribution < -0.4 is 5.32 Å². The molecule has 1 aliphatic rings. The quantitative estimate of drug-likeness (QED) is 0.757. The van der Waals surface area contributed by atoms with Gasteiger partial charge < -0.3 is 9.84 Å². The summed E-state index contributed by atoms with van der Waals surface area (Å²) in [6, 6.07) is 5.61. The molecule has 0 aliphatic heterocycles. The largest absolute Gasteiger partial charge is 0.360 e. The number of anilines is 1. The SMILES string of the molecule is O=C(Nc1ccc2cn[nH]c2c1)c1noc2c1CCCC2. The summed E-state index contributed by atoms with van der Waals surface area (Å²) in [6.07, 6.45) is 5.65. The van der Waals surface area contributed by atoms with Crippen LogP contribution in [-0.2, 0) is 12.8 Å². The lowest BCUT2D eigenvalue weighted by atomic mass is 9.96. The van der Waals surface area contributed by atoms with Crippen LogP contribution in [0.3, 0.4) is 0 Å². The minimum atomic E-state index is -0.222. The molecule has 21 heavy (non-hydrogen) atoms. The summed E-state index contributed by atoms with van der Waals surface area (Å²) in [5, 5.41) is 14.7. The Balaban J connectivity index is 1.61. The van der Waals surface area contributed by atoms with E-state index < -0.39 is 0 Å². The minimum Gasteiger partial charge on any atom is -0.360 e. The fourth-order valence-electron chi connectivity index (χ4n) is 2.77. The highest BCUT2D eigenvalue weighted by Gasteiger charge is 2.24. The van der Waals surface area contributed by atoms with Crippen molar-refractivity contribution in [2.24, 2.45) is 0 Å². The van der Waals surface area contributed by atoms with E-state index in [0.717, 1.165) is 47.9 Å². The fraction of sp³-hybridized carbons (Fsp3) is 0.267. The van der Waals surface area contributed by atoms with Gasteiger partial charge in [-0.25, -0.2) is 0 Å². The van der Waals surface area contributed by atoms with Crippen molar-refractivity contribution >= 4 is 22.5 Å². The normalized spacial score (nSPS) is 14.1. The van der Waals surface area contributed by atoms with Gasteiger partial charge in [-0.05, 0) is 37.5 Å². The summed E-state index contributed by atoms with van der Waals surface area (Å²) in [4.78, 5) is 12.4. The zero-order chi connectivity index (χ0) is 14.2. The molecule has 4 rings (SSSR count). The van der Waals surface area contributed by atoms with Crippen molar-refractivity contribution in [3.05, 3.63) is 41.4 Å². The predicted molar refractivity (Wildman–Crippen MR) is 77.2 cm³/mol. The van der Waals surface area contributed by atoms with Gasteiger partial charge in [0, 0.05) is 23.1 Å². The second kappa shape index (κ2) is 4.73. The van der Waals surface area contributed by atoms with Crippen LogP contribution in [0.25, 0.3) is 10.9 Å². The van der Waals surface area contributed by atoms with E-state index in [0.29, 0.717) is 11.4 Å². The van der Waals surface area contributed by atoms with E-state index in [2.05, 4.69) is 20.7 Å². The van der Waals surface area contributed by atoms with Crippen LogP contribution in [-0.4, -0.2) is 21.3 Å². The third-order valence-corrected chi connectivity index (χ3v) is 3.87. The van der Waals surface area contributed by atoms with Gasteiger partial charge in [0.25, 0.3) is 5.91 Å². The Morgan fingerprint density at radius 2 is 2.19 bits per heavy atom. The topological polar surface area (TPSA) is 83.8 Å². The number of carbonyl (C=O) groups is 1. The summed E-state index contributed by atoms with van der Waals surface area (Å²) < 4.78 is 5.28. The van der Waals surface area contributed by atoms with E-state index in [1.165, 1.54) is 0 Å². The summed E-state index contributed by atoms with van der Waals surface area (Å²) in [5.74, 6) is 0.635. The Morgan fingerprint density at radius 1 is 1.29 bits per heavy atom. The van der Waals surface area contributed by atoms with Crippen molar-refractivity contribution < 1.29 is 9.32 Å². The van der Waals surface area contributed by atoms with E-state index in [4.69, 9.17) is 4.52 Å². The lowest BCUT2D eigenvalue weighted by molar-refractivity contribution is 0.101. The van der Waals surface area contributed by atoms with Crippen LogP contribution in [0.15, 0.2) is 28.9 Å². The van der Waals surface area contributed by atoms with Crippen LogP contribution >= 0.6 is 0 Å². The first-order valence-electron chi connectivity index (χ1n) is 7.03. The van der Waals surface area contributed by atoms with Gasteiger partial charge in [-0.2, -0.15) is 5.10 Å². The number of nitrogens with zero attached hydrogens (tertiary/aromatic N) is 2. The van der Waals surface area contributed by atoms with E-state index in [1.54, 1.807) is 6.20 Å². The maximum atomic E-state index is 12.4. The second-order valence-electron chi connectivity index (χ2n) is 5.27. The summed E-state index contributed by atoms with van der Waals surface area (Å²) in [5.41, 5.74) is 2.97. The molecule has 1 aliphatic carbocycles. The van der Waals surface area contributed by atoms with Crippen LogP contribution in [0.5, 0.6) is 0 Å². The third kappa shape index (κ3) is 2.08. The number of rotatable bonds is 2. The van der Waals surface area contributed by atoms with E-state index in [9.17, 15) is 4.79 Å². The summed E-state index contributed by atoms with van der Waals surface area (Å²) >= 11 is 0. The molecule has 0 fully saturated rings. The standard InChI is InChI=1S/C15H14N4O2/c20-15(14-11-3-1-2-4-13(11)21-19-14)17-10-6-5-9-8-16-18-12(9)7-10/h5-8H,1-4H2,(H,16,18)(H,17,20). The molecule has 0 unspecified atom stereocenters. The van der Waals surface area contributed by atoms with Crippen molar-refractivity contribution in [3.63, 3.8) is 0 Å². The van der Waals surface area contributed by atoms with Crippen LogP contribution in [0.2, 0.25) is 0 Å². The average molecular weight is 282 g/mol. The average Bonchev–Trinajstić information content (AvgIpc) is 3.13. The first kappa shape index (κ1) is 12.1.